The van der Waals surface area contributed by atoms with Gasteiger partial charge in [0.2, 0.25) is 0 Å². The van der Waals surface area contributed by atoms with E-state index in [0.717, 1.165) is 35.2 Å². The van der Waals surface area contributed by atoms with Crippen LogP contribution in [0.2, 0.25) is 0 Å². The molecule has 6 heteroatoms. The van der Waals surface area contributed by atoms with E-state index in [-0.39, 0.29) is 5.69 Å². The number of hydrogen-bond donors (Lipinski definition) is 2. The Morgan fingerprint density at radius 1 is 1.29 bits per heavy atom. The largest absolute Gasteiger partial charge is 0.338 e. The lowest BCUT2D eigenvalue weighted by Crippen LogP contribution is -2.23. The number of aryl methyl sites for hydroxylation is 1. The van der Waals surface area contributed by atoms with Crippen LogP contribution in [0.5, 0.6) is 0 Å². The summed E-state index contributed by atoms with van der Waals surface area (Å²) >= 11 is 5.31. The molecule has 2 aromatic rings. The third-order valence-electron chi connectivity index (χ3n) is 4.67. The van der Waals surface area contributed by atoms with E-state index in [4.69, 9.17) is 17.2 Å². The minimum Gasteiger partial charge on any atom is -0.338 e. The van der Waals surface area contributed by atoms with Gasteiger partial charge in [0.15, 0.2) is 5.65 Å². The third kappa shape index (κ3) is 2.25. The van der Waals surface area contributed by atoms with Gasteiger partial charge in [-0.05, 0) is 43.9 Å². The number of rotatable bonds is 5. The zero-order valence-electron chi connectivity index (χ0n) is 12.2. The zero-order valence-corrected chi connectivity index (χ0v) is 13.0. The number of hydrogen-bond acceptors (Lipinski definition) is 3. The van der Waals surface area contributed by atoms with Crippen LogP contribution < -0.4 is 5.69 Å². The van der Waals surface area contributed by atoms with Gasteiger partial charge < -0.3 is 4.98 Å². The summed E-state index contributed by atoms with van der Waals surface area (Å²) in [7, 11) is 0. The van der Waals surface area contributed by atoms with Crippen molar-refractivity contribution >= 4 is 23.4 Å². The molecule has 0 saturated heterocycles. The normalized spacial score (nSPS) is 18.8. The lowest BCUT2D eigenvalue weighted by Gasteiger charge is -2.11. The molecule has 0 bridgehead atoms. The number of aromatic nitrogens is 4. The highest BCUT2D eigenvalue weighted by Crippen LogP contribution is 2.53. The average Bonchev–Trinajstić information content (AvgIpc) is 3.35. The second-order valence-electron chi connectivity index (χ2n) is 6.43. The summed E-state index contributed by atoms with van der Waals surface area (Å²) in [5, 5.41) is 0. The Kier molecular flexibility index (Phi) is 3.03. The van der Waals surface area contributed by atoms with Crippen molar-refractivity contribution in [3.8, 4) is 0 Å². The Hall–Kier alpha value is -1.43. The van der Waals surface area contributed by atoms with E-state index in [1.54, 1.807) is 4.57 Å². The second kappa shape index (κ2) is 4.80. The quantitative estimate of drug-likeness (QED) is 0.834. The molecule has 21 heavy (non-hydrogen) atoms. The highest BCUT2D eigenvalue weighted by atomic mass is 32.1. The smallest absolute Gasteiger partial charge is 0.328 e. The molecule has 0 spiro atoms. The van der Waals surface area contributed by atoms with Crippen LogP contribution in [0, 0.1) is 16.5 Å². The van der Waals surface area contributed by atoms with Gasteiger partial charge in [-0.15, -0.1) is 0 Å². The predicted octanol–water partition coefficient (Wildman–Crippen LogP) is 3.10. The van der Waals surface area contributed by atoms with E-state index in [1.165, 1.54) is 25.7 Å². The monoisotopic (exact) mass is 304 g/mol. The Labute approximate surface area is 127 Å². The zero-order chi connectivity index (χ0) is 14.6. The van der Waals surface area contributed by atoms with Crippen LogP contribution in [0.15, 0.2) is 4.79 Å². The van der Waals surface area contributed by atoms with Gasteiger partial charge in [-0.3, -0.25) is 9.55 Å². The molecule has 2 aliphatic carbocycles. The summed E-state index contributed by atoms with van der Waals surface area (Å²) in [4.78, 5) is 23.1. The third-order valence-corrected chi connectivity index (χ3v) is 4.98. The van der Waals surface area contributed by atoms with Crippen LogP contribution in [0.25, 0.3) is 11.2 Å². The maximum Gasteiger partial charge on any atom is 0.328 e. The molecule has 0 unspecified atom stereocenters. The van der Waals surface area contributed by atoms with Gasteiger partial charge in [-0.2, -0.15) is 0 Å². The van der Waals surface area contributed by atoms with Crippen LogP contribution in [-0.2, 0) is 6.54 Å². The Morgan fingerprint density at radius 2 is 1.95 bits per heavy atom. The molecule has 5 nitrogen and oxygen atoms in total. The Balaban J connectivity index is 1.88. The predicted molar refractivity (Wildman–Crippen MR) is 84.0 cm³/mol. The lowest BCUT2D eigenvalue weighted by molar-refractivity contribution is 0.514. The highest BCUT2D eigenvalue weighted by molar-refractivity contribution is 7.71. The molecular weight excluding hydrogens is 284 g/mol. The average molecular weight is 304 g/mol. The first-order chi connectivity index (χ1) is 10.2. The van der Waals surface area contributed by atoms with E-state index in [9.17, 15) is 4.79 Å². The fourth-order valence-corrected chi connectivity index (χ4v) is 3.62. The summed E-state index contributed by atoms with van der Waals surface area (Å²) < 4.78 is 2.19. The first-order valence-electron chi connectivity index (χ1n) is 7.91. The molecule has 0 atom stereocenters. The van der Waals surface area contributed by atoms with Gasteiger partial charge in [-0.25, -0.2) is 9.78 Å². The molecule has 0 amide bonds. The molecule has 2 fully saturated rings. The number of fused-ring (bicyclic) bond motifs is 1. The highest BCUT2D eigenvalue weighted by Gasteiger charge is 2.44. The van der Waals surface area contributed by atoms with Gasteiger partial charge in [0.25, 0.3) is 0 Å². The second-order valence-corrected chi connectivity index (χ2v) is 6.84. The van der Waals surface area contributed by atoms with Crippen molar-refractivity contribution in [1.82, 2.24) is 19.5 Å². The van der Waals surface area contributed by atoms with Crippen LogP contribution in [0.3, 0.4) is 0 Å². The van der Waals surface area contributed by atoms with Gasteiger partial charge in [0, 0.05) is 12.5 Å². The maximum atomic E-state index is 12.1. The van der Waals surface area contributed by atoms with Gasteiger partial charge in [0.05, 0.1) is 0 Å². The molecule has 2 aromatic heterocycles. The van der Waals surface area contributed by atoms with E-state index in [2.05, 4.69) is 16.9 Å². The van der Waals surface area contributed by atoms with Gasteiger partial charge in [0.1, 0.15) is 16.0 Å². The Morgan fingerprint density at radius 3 is 2.52 bits per heavy atom. The minimum absolute atomic E-state index is 0.151. The fraction of sp³-hybridized carbons (Fsp3) is 0.667. The van der Waals surface area contributed by atoms with Crippen molar-refractivity contribution in [2.75, 3.05) is 0 Å². The number of imidazole rings is 1. The van der Waals surface area contributed by atoms with E-state index in [1.807, 2.05) is 0 Å². The van der Waals surface area contributed by atoms with Crippen molar-refractivity contribution in [3.63, 3.8) is 0 Å². The molecule has 2 saturated carbocycles. The Bertz CT molecular complexity index is 782. The fourth-order valence-electron chi connectivity index (χ4n) is 3.39. The first-order valence-corrected chi connectivity index (χ1v) is 8.32. The first kappa shape index (κ1) is 13.2. The summed E-state index contributed by atoms with van der Waals surface area (Å²) in [5.41, 5.74) is 1.40. The van der Waals surface area contributed by atoms with Crippen molar-refractivity contribution in [2.45, 2.75) is 51.5 Å². The van der Waals surface area contributed by atoms with Crippen molar-refractivity contribution < 1.29 is 0 Å². The molecular formula is C15H20N4OS. The number of nitrogens with zero attached hydrogens (tertiary/aromatic N) is 2. The molecule has 2 aliphatic rings. The maximum absolute atomic E-state index is 12.1. The lowest BCUT2D eigenvalue weighted by atomic mass is 9.97. The van der Waals surface area contributed by atoms with Crippen LogP contribution in [0.1, 0.15) is 50.8 Å². The van der Waals surface area contributed by atoms with Crippen molar-refractivity contribution in [2.24, 2.45) is 11.8 Å². The van der Waals surface area contributed by atoms with Crippen molar-refractivity contribution in [3.05, 3.63) is 20.9 Å². The molecule has 4 rings (SSSR count). The van der Waals surface area contributed by atoms with Crippen molar-refractivity contribution in [1.29, 1.82) is 0 Å². The SMILES string of the molecule is CCCn1c(=O)[nH]c(=S)c2[nH]c(C(C3CC3)C3CC3)nc21. The summed E-state index contributed by atoms with van der Waals surface area (Å²) in [5.74, 6) is 3.14. The van der Waals surface area contributed by atoms with E-state index >= 15 is 0 Å². The molecule has 2 heterocycles. The van der Waals surface area contributed by atoms with Gasteiger partial charge >= 0.3 is 5.69 Å². The van der Waals surface area contributed by atoms with E-state index < -0.39 is 0 Å². The molecule has 112 valence electrons. The number of H-pyrrole nitrogens is 2. The minimum atomic E-state index is -0.151. The molecule has 0 aromatic carbocycles. The molecule has 2 N–H and O–H groups in total. The topological polar surface area (TPSA) is 66.5 Å². The summed E-state index contributed by atoms with van der Waals surface area (Å²) in [6.45, 7) is 2.73. The van der Waals surface area contributed by atoms with Crippen LogP contribution in [-0.4, -0.2) is 19.5 Å². The molecule has 0 aliphatic heterocycles. The molecule has 0 radical (unpaired) electrons. The summed E-state index contributed by atoms with van der Waals surface area (Å²) in [6.07, 6.45) is 6.15. The van der Waals surface area contributed by atoms with E-state index in [0.29, 0.717) is 17.1 Å². The standard InChI is InChI=1S/C15H20N4OS/c1-2-7-19-13-11(14(21)18-15(19)20)16-12(17-13)10(8-3-4-8)9-5-6-9/h8-10H,2-7H2,1H3,(H,16,17)(H,18,20,21). The van der Waals surface area contributed by atoms with Crippen LogP contribution >= 0.6 is 12.2 Å². The number of nitrogens with one attached hydrogen (secondary N) is 2. The summed E-state index contributed by atoms with van der Waals surface area (Å²) in [6, 6.07) is 0. The van der Waals surface area contributed by atoms with Crippen LogP contribution in [0.4, 0.5) is 0 Å². The number of aromatic amines is 2. The van der Waals surface area contributed by atoms with Gasteiger partial charge in [-0.1, -0.05) is 19.1 Å².